The second kappa shape index (κ2) is 6.02. The van der Waals surface area contributed by atoms with E-state index in [0.29, 0.717) is 11.5 Å². The van der Waals surface area contributed by atoms with Gasteiger partial charge in [0.1, 0.15) is 12.1 Å². The van der Waals surface area contributed by atoms with Gasteiger partial charge in [-0.25, -0.2) is 10.3 Å². The second-order valence-corrected chi connectivity index (χ2v) is 8.58. The highest BCUT2D eigenvalue weighted by Gasteiger charge is 2.65. The number of hydroxylamine groups is 3. The minimum atomic E-state index is -4.83. The fraction of sp³-hybridized carbons (Fsp3) is 0.857. The Morgan fingerprint density at radius 1 is 1.35 bits per heavy atom. The van der Waals surface area contributed by atoms with Gasteiger partial charge in [0.2, 0.25) is 0 Å². The first kappa shape index (κ1) is 17.9. The van der Waals surface area contributed by atoms with Crippen molar-refractivity contribution in [1.29, 1.82) is 0 Å². The van der Waals surface area contributed by atoms with E-state index in [9.17, 15) is 18.0 Å². The molecule has 2 bridgehead atoms. The molecule has 26 heavy (non-hydrogen) atoms. The molecule has 2 saturated carbocycles. The lowest BCUT2D eigenvalue weighted by molar-refractivity contribution is -0.145. The second-order valence-electron chi connectivity index (χ2n) is 7.58. The molecule has 4 atom stereocenters. The largest absolute Gasteiger partial charge is 0.418 e. The summed E-state index contributed by atoms with van der Waals surface area (Å²) < 4.78 is 35.5. The monoisotopic (exact) mass is 390 g/mol. The van der Waals surface area contributed by atoms with Gasteiger partial charge in [-0.15, -0.1) is 4.28 Å². The van der Waals surface area contributed by atoms with Crippen molar-refractivity contribution in [1.82, 2.24) is 15.4 Å². The Morgan fingerprint density at radius 3 is 2.65 bits per heavy atom. The van der Waals surface area contributed by atoms with Gasteiger partial charge >= 0.3 is 16.4 Å². The molecule has 4 N–H and O–H groups in total. The summed E-state index contributed by atoms with van der Waals surface area (Å²) in [5.41, 5.74) is 7.95. The van der Waals surface area contributed by atoms with Gasteiger partial charge in [-0.2, -0.15) is 13.5 Å². The molecule has 4 unspecified atom stereocenters. The van der Waals surface area contributed by atoms with E-state index in [2.05, 4.69) is 9.76 Å². The summed E-state index contributed by atoms with van der Waals surface area (Å²) in [5.74, 6) is -0.462. The third-order valence-electron chi connectivity index (χ3n) is 5.95. The van der Waals surface area contributed by atoms with Gasteiger partial charge in [0.15, 0.2) is 0 Å². The maximum absolute atomic E-state index is 12.6. The Kier molecular flexibility index (Phi) is 4.15. The van der Waals surface area contributed by atoms with E-state index in [1.165, 1.54) is 4.90 Å². The van der Waals surface area contributed by atoms with Crippen molar-refractivity contribution in [3.8, 4) is 0 Å². The minimum Gasteiger partial charge on any atom is -0.325 e. The molecule has 2 aliphatic heterocycles. The van der Waals surface area contributed by atoms with Crippen LogP contribution in [0.5, 0.6) is 0 Å². The van der Waals surface area contributed by atoms with Crippen LogP contribution in [0.3, 0.4) is 0 Å². The summed E-state index contributed by atoms with van der Waals surface area (Å²) in [4.78, 5) is 31.8. The molecule has 11 nitrogen and oxygen atoms in total. The number of hydrogen-bond donors (Lipinski definition) is 3. The third kappa shape index (κ3) is 3.05. The summed E-state index contributed by atoms with van der Waals surface area (Å²) in [6.45, 7) is 0.162. The van der Waals surface area contributed by atoms with E-state index < -0.39 is 34.4 Å². The average Bonchev–Trinajstić information content (AvgIpc) is 3.12. The van der Waals surface area contributed by atoms with Gasteiger partial charge < -0.3 is 10.6 Å². The van der Waals surface area contributed by atoms with Crippen molar-refractivity contribution in [2.75, 3.05) is 6.54 Å². The van der Waals surface area contributed by atoms with Crippen molar-refractivity contribution in [3.05, 3.63) is 0 Å². The fourth-order valence-electron chi connectivity index (χ4n) is 4.35. The molecule has 0 aromatic rings. The molecule has 3 amide bonds. The summed E-state index contributed by atoms with van der Waals surface area (Å²) in [5, 5.41) is 0.684. The molecule has 2 aliphatic carbocycles. The highest BCUT2D eigenvalue weighted by molar-refractivity contribution is 7.80. The van der Waals surface area contributed by atoms with Crippen molar-refractivity contribution < 1.29 is 31.7 Å². The number of amides is 3. The van der Waals surface area contributed by atoms with Crippen molar-refractivity contribution in [2.24, 2.45) is 11.1 Å². The van der Waals surface area contributed by atoms with Crippen LogP contribution in [0, 0.1) is 5.41 Å². The van der Waals surface area contributed by atoms with E-state index in [0.717, 1.165) is 32.1 Å². The lowest BCUT2D eigenvalue weighted by Gasteiger charge is -2.35. The van der Waals surface area contributed by atoms with Crippen LogP contribution in [-0.2, 0) is 24.3 Å². The van der Waals surface area contributed by atoms with Crippen LogP contribution in [0.4, 0.5) is 4.79 Å². The summed E-state index contributed by atoms with van der Waals surface area (Å²) in [6.07, 6.45) is 4.17. The lowest BCUT2D eigenvalue weighted by Crippen LogP contribution is -2.53. The van der Waals surface area contributed by atoms with Gasteiger partial charge in [0, 0.05) is 12.6 Å². The molecule has 0 aromatic heterocycles. The average molecular weight is 390 g/mol. The maximum atomic E-state index is 12.6. The van der Waals surface area contributed by atoms with Gasteiger partial charge in [0.05, 0.1) is 6.04 Å². The molecule has 4 rings (SSSR count). The van der Waals surface area contributed by atoms with E-state index in [4.69, 9.17) is 15.1 Å². The molecule has 2 saturated heterocycles. The minimum absolute atomic E-state index is 0.132. The van der Waals surface area contributed by atoms with Crippen LogP contribution in [0.2, 0.25) is 0 Å². The van der Waals surface area contributed by atoms with E-state index in [1.54, 1.807) is 0 Å². The van der Waals surface area contributed by atoms with Crippen molar-refractivity contribution >= 4 is 22.3 Å². The highest BCUT2D eigenvalue weighted by atomic mass is 32.3. The third-order valence-corrected chi connectivity index (χ3v) is 6.30. The number of fused-ring (bicyclic) bond motifs is 3. The van der Waals surface area contributed by atoms with Gasteiger partial charge in [-0.1, -0.05) is 0 Å². The Morgan fingerprint density at radius 2 is 2.08 bits per heavy atom. The Bertz CT molecular complexity index is 725. The Hall–Kier alpha value is -1.47. The first-order valence-electron chi connectivity index (χ1n) is 8.68. The quantitative estimate of drug-likeness (QED) is 0.412. The molecule has 0 radical (unpaired) electrons. The van der Waals surface area contributed by atoms with Crippen LogP contribution in [0.1, 0.15) is 38.5 Å². The number of urea groups is 1. The summed E-state index contributed by atoms with van der Waals surface area (Å²) >= 11 is 0. The molecule has 0 aromatic carbocycles. The number of hydrogen-bond acceptors (Lipinski definition) is 7. The first-order chi connectivity index (χ1) is 12.2. The zero-order valence-electron chi connectivity index (χ0n) is 14.0. The standard InChI is InChI=1S/C14H22N4O7S/c15-8-2-1-3-10(8)24-16-12(19)9-6-14(4-5-14)11-7-17(9)13(20)18(11)25-26(21,22)23/h8-11H,1-7,15H2,(H,16,19)(H,21,22,23). The molecule has 1 spiro atoms. The van der Waals surface area contributed by atoms with E-state index >= 15 is 0 Å². The number of rotatable bonds is 5. The summed E-state index contributed by atoms with van der Waals surface area (Å²) in [7, 11) is -4.83. The first-order valence-corrected chi connectivity index (χ1v) is 10.0. The molecule has 4 aliphatic rings. The highest BCUT2D eigenvalue weighted by Crippen LogP contribution is 2.59. The van der Waals surface area contributed by atoms with Crippen LogP contribution < -0.4 is 11.2 Å². The lowest BCUT2D eigenvalue weighted by atomic mass is 9.85. The zero-order chi connectivity index (χ0) is 18.7. The SMILES string of the molecule is NC1CCCC1ONC(=O)C1CC2(CC2)C2CN1C(=O)N2OS(=O)(=O)O. The normalized spacial score (nSPS) is 35.2. The van der Waals surface area contributed by atoms with Crippen molar-refractivity contribution in [2.45, 2.75) is 62.8 Å². The zero-order valence-corrected chi connectivity index (χ0v) is 14.9. The smallest absolute Gasteiger partial charge is 0.325 e. The summed E-state index contributed by atoms with van der Waals surface area (Å²) in [6, 6.07) is -2.18. The molecular formula is C14H22N4O7S. The Balaban J connectivity index is 1.47. The number of nitrogens with zero attached hydrogens (tertiary/aromatic N) is 2. The van der Waals surface area contributed by atoms with Crippen LogP contribution in [-0.4, -0.2) is 65.6 Å². The predicted octanol–water partition coefficient (Wildman–Crippen LogP) is -0.693. The van der Waals surface area contributed by atoms with Gasteiger partial charge in [-0.05, 0) is 43.9 Å². The molecule has 2 heterocycles. The van der Waals surface area contributed by atoms with Gasteiger partial charge in [0.25, 0.3) is 5.91 Å². The molecular weight excluding hydrogens is 368 g/mol. The number of carbonyl (C=O) groups is 2. The maximum Gasteiger partial charge on any atom is 0.418 e. The van der Waals surface area contributed by atoms with E-state index in [1.807, 2.05) is 0 Å². The molecule has 4 fully saturated rings. The number of piperidine rings is 1. The number of nitrogens with two attached hydrogens (primary N) is 1. The predicted molar refractivity (Wildman–Crippen MR) is 85.3 cm³/mol. The molecule has 12 heteroatoms. The fourth-order valence-corrected chi connectivity index (χ4v) is 4.72. The van der Waals surface area contributed by atoms with Crippen LogP contribution in [0.15, 0.2) is 0 Å². The number of nitrogens with one attached hydrogen (secondary N) is 1. The topological polar surface area (TPSA) is 151 Å². The van der Waals surface area contributed by atoms with Crippen LogP contribution >= 0.6 is 0 Å². The number of carbonyl (C=O) groups excluding carboxylic acids is 2. The van der Waals surface area contributed by atoms with Gasteiger partial charge in [-0.3, -0.25) is 14.2 Å². The molecule has 146 valence electrons. The van der Waals surface area contributed by atoms with E-state index in [-0.39, 0.29) is 24.1 Å². The van der Waals surface area contributed by atoms with Crippen LogP contribution in [0.25, 0.3) is 0 Å². The Labute approximate surface area is 150 Å². The van der Waals surface area contributed by atoms with Crippen molar-refractivity contribution in [3.63, 3.8) is 0 Å².